The molecule has 0 saturated carbocycles. The van der Waals surface area contributed by atoms with Crippen LogP contribution in [-0.4, -0.2) is 24.7 Å². The number of nitrogens with one attached hydrogen (secondary N) is 1. The van der Waals surface area contributed by atoms with Crippen molar-refractivity contribution in [2.75, 3.05) is 0 Å². The number of nitrogens with zero attached hydrogens (tertiary/aromatic N) is 4. The van der Waals surface area contributed by atoms with Gasteiger partial charge in [0, 0.05) is 12.3 Å². The van der Waals surface area contributed by atoms with E-state index >= 15 is 0 Å². The maximum Gasteiger partial charge on any atom is 0.437 e. The van der Waals surface area contributed by atoms with Crippen molar-refractivity contribution < 1.29 is 17.9 Å². The van der Waals surface area contributed by atoms with E-state index in [1.807, 2.05) is 0 Å². The van der Waals surface area contributed by atoms with E-state index in [0.29, 0.717) is 11.0 Å². The average Bonchev–Trinajstić information content (AvgIpc) is 3.09. The van der Waals surface area contributed by atoms with Gasteiger partial charge < -0.3 is 4.74 Å². The molecule has 3 heterocycles. The minimum absolute atomic E-state index is 0.0502. The number of hydrogen-bond acceptors (Lipinski definition) is 5. The Morgan fingerprint density at radius 2 is 1.93 bits per heavy atom. The summed E-state index contributed by atoms with van der Waals surface area (Å²) in [5, 5.41) is 4.17. The number of ether oxygens (including phenoxy) is 1. The Morgan fingerprint density at radius 1 is 1.14 bits per heavy atom. The number of H-pyrrole nitrogens is 1. The molecular formula is C17H8Cl2F3N5O2. The van der Waals surface area contributed by atoms with Crippen molar-refractivity contribution in [2.24, 2.45) is 0 Å². The summed E-state index contributed by atoms with van der Waals surface area (Å²) >= 11 is 11.6. The van der Waals surface area contributed by atoms with Crippen LogP contribution < -0.4 is 10.3 Å². The number of aromatic nitrogens is 5. The fraction of sp³-hybridized carbons (Fsp3) is 0.0588. The molecule has 0 saturated heterocycles. The Bertz CT molecular complexity index is 1290. The lowest BCUT2D eigenvalue weighted by Gasteiger charge is -2.14. The van der Waals surface area contributed by atoms with Gasteiger partial charge >= 0.3 is 6.18 Å². The number of fused-ring (bicyclic) bond motifs is 1. The number of halogens is 5. The zero-order valence-corrected chi connectivity index (χ0v) is 15.5. The molecule has 4 aromatic rings. The smallest absolute Gasteiger partial charge is 0.437 e. The molecule has 0 amide bonds. The van der Waals surface area contributed by atoms with Gasteiger partial charge in [-0.3, -0.25) is 14.8 Å². The summed E-state index contributed by atoms with van der Waals surface area (Å²) < 4.78 is 47.1. The van der Waals surface area contributed by atoms with Crippen LogP contribution >= 0.6 is 23.2 Å². The maximum absolute atomic E-state index is 13.6. The van der Waals surface area contributed by atoms with Gasteiger partial charge in [-0.15, -0.1) is 0 Å². The van der Waals surface area contributed by atoms with Crippen LogP contribution in [0.15, 0.2) is 47.5 Å². The molecule has 0 aliphatic rings. The van der Waals surface area contributed by atoms with Crippen molar-refractivity contribution in [1.82, 2.24) is 24.7 Å². The molecular weight excluding hydrogens is 434 g/mol. The van der Waals surface area contributed by atoms with Crippen LogP contribution in [0.2, 0.25) is 10.0 Å². The quantitative estimate of drug-likeness (QED) is 0.501. The lowest BCUT2D eigenvalue weighted by atomic mass is 10.3. The Kier molecular flexibility index (Phi) is 4.67. The Labute approximate surface area is 169 Å². The van der Waals surface area contributed by atoms with Gasteiger partial charge in [-0.2, -0.15) is 23.0 Å². The molecule has 0 radical (unpaired) electrons. The van der Waals surface area contributed by atoms with Crippen molar-refractivity contribution in [3.05, 3.63) is 68.8 Å². The summed E-state index contributed by atoms with van der Waals surface area (Å²) in [6, 6.07) is 6.93. The Balaban J connectivity index is 1.87. The van der Waals surface area contributed by atoms with Gasteiger partial charge in [-0.1, -0.05) is 23.2 Å². The summed E-state index contributed by atoms with van der Waals surface area (Å²) in [6.07, 6.45) is -2.14. The van der Waals surface area contributed by atoms with Crippen molar-refractivity contribution in [3.8, 4) is 17.4 Å². The van der Waals surface area contributed by atoms with E-state index < -0.39 is 29.1 Å². The topological polar surface area (TPSA) is 85.7 Å². The van der Waals surface area contributed by atoms with Crippen molar-refractivity contribution in [1.29, 1.82) is 0 Å². The van der Waals surface area contributed by atoms with Crippen LogP contribution in [0, 0.1) is 0 Å². The van der Waals surface area contributed by atoms with Crippen molar-refractivity contribution in [2.45, 2.75) is 6.18 Å². The van der Waals surface area contributed by atoms with Crippen LogP contribution in [0.4, 0.5) is 13.2 Å². The molecule has 1 N–H and O–H groups in total. The SMILES string of the molecule is O=c1[nH]c(-n2ncc3ncccc32)nc(C(F)(F)F)c1Oc1ccc(Cl)c(Cl)c1. The van der Waals surface area contributed by atoms with Gasteiger partial charge in [0.2, 0.25) is 11.7 Å². The zero-order valence-electron chi connectivity index (χ0n) is 14.0. The normalized spacial score (nSPS) is 11.8. The molecule has 12 heteroatoms. The monoisotopic (exact) mass is 441 g/mol. The molecule has 29 heavy (non-hydrogen) atoms. The van der Waals surface area contributed by atoms with Crippen LogP contribution in [-0.2, 0) is 6.18 Å². The van der Waals surface area contributed by atoms with Crippen LogP contribution in [0.3, 0.4) is 0 Å². The molecule has 0 aliphatic heterocycles. The highest BCUT2D eigenvalue weighted by Crippen LogP contribution is 2.36. The third kappa shape index (κ3) is 3.64. The molecule has 0 fully saturated rings. The van der Waals surface area contributed by atoms with E-state index in [9.17, 15) is 18.0 Å². The highest BCUT2D eigenvalue weighted by atomic mass is 35.5. The predicted molar refractivity (Wildman–Crippen MR) is 98.8 cm³/mol. The molecule has 4 rings (SSSR count). The Hall–Kier alpha value is -3.11. The number of hydrogen-bond donors (Lipinski definition) is 1. The summed E-state index contributed by atoms with van der Waals surface area (Å²) in [6.45, 7) is 0. The lowest BCUT2D eigenvalue weighted by molar-refractivity contribution is -0.142. The third-order valence-corrected chi connectivity index (χ3v) is 4.52. The fourth-order valence-corrected chi connectivity index (χ4v) is 2.81. The minimum atomic E-state index is -4.98. The molecule has 0 atom stereocenters. The van der Waals surface area contributed by atoms with Gasteiger partial charge in [0.15, 0.2) is 5.69 Å². The predicted octanol–water partition coefficient (Wildman–Crippen LogP) is 4.62. The highest BCUT2D eigenvalue weighted by molar-refractivity contribution is 6.42. The van der Waals surface area contributed by atoms with E-state index in [2.05, 4.69) is 20.1 Å². The van der Waals surface area contributed by atoms with Crippen LogP contribution in [0.1, 0.15) is 5.69 Å². The Morgan fingerprint density at radius 3 is 2.66 bits per heavy atom. The first-order valence-electron chi connectivity index (χ1n) is 7.87. The van der Waals surface area contributed by atoms with E-state index in [-0.39, 0.29) is 15.8 Å². The average molecular weight is 442 g/mol. The first-order valence-corrected chi connectivity index (χ1v) is 8.63. The number of benzene rings is 1. The number of pyridine rings is 1. The van der Waals surface area contributed by atoms with Gasteiger partial charge in [-0.05, 0) is 24.3 Å². The van der Waals surface area contributed by atoms with Gasteiger partial charge in [0.25, 0.3) is 5.56 Å². The molecule has 7 nitrogen and oxygen atoms in total. The van der Waals surface area contributed by atoms with Crippen molar-refractivity contribution in [3.63, 3.8) is 0 Å². The van der Waals surface area contributed by atoms with Gasteiger partial charge in [-0.25, -0.2) is 4.98 Å². The second-order valence-electron chi connectivity index (χ2n) is 5.71. The van der Waals surface area contributed by atoms with E-state index in [1.54, 1.807) is 12.1 Å². The number of rotatable bonds is 3. The highest BCUT2D eigenvalue weighted by Gasteiger charge is 2.39. The second-order valence-corrected chi connectivity index (χ2v) is 6.52. The van der Waals surface area contributed by atoms with E-state index in [1.165, 1.54) is 30.6 Å². The van der Waals surface area contributed by atoms with E-state index in [0.717, 1.165) is 4.68 Å². The molecule has 0 aliphatic carbocycles. The summed E-state index contributed by atoms with van der Waals surface area (Å²) in [4.78, 5) is 22.3. The molecule has 0 spiro atoms. The van der Waals surface area contributed by atoms with Gasteiger partial charge in [0.05, 0.1) is 21.8 Å². The molecule has 0 unspecified atom stereocenters. The fourth-order valence-electron chi connectivity index (χ4n) is 2.53. The largest absolute Gasteiger partial charge is 0.449 e. The van der Waals surface area contributed by atoms with E-state index in [4.69, 9.17) is 27.9 Å². The van der Waals surface area contributed by atoms with Crippen LogP contribution in [0.5, 0.6) is 11.5 Å². The maximum atomic E-state index is 13.6. The first kappa shape index (κ1) is 19.2. The van der Waals surface area contributed by atoms with Crippen molar-refractivity contribution >= 4 is 34.2 Å². The zero-order chi connectivity index (χ0) is 20.8. The van der Waals surface area contributed by atoms with Crippen LogP contribution in [0.25, 0.3) is 17.0 Å². The second kappa shape index (κ2) is 7.05. The lowest BCUT2D eigenvalue weighted by Crippen LogP contribution is -2.22. The standard InChI is InChI=1S/C17H8Cl2F3N5O2/c18-9-4-3-8(6-10(9)19)29-13-14(17(20,21)22)25-16(26-15(13)28)27-12-2-1-5-23-11(12)7-24-27/h1-7H,(H,25,26,28). The summed E-state index contributed by atoms with van der Waals surface area (Å²) in [5.74, 6) is -1.58. The third-order valence-electron chi connectivity index (χ3n) is 3.78. The number of alkyl halides is 3. The molecule has 1 aromatic carbocycles. The number of aromatic amines is 1. The summed E-state index contributed by atoms with van der Waals surface area (Å²) in [7, 11) is 0. The first-order chi connectivity index (χ1) is 13.7. The minimum Gasteiger partial charge on any atom is -0.449 e. The molecule has 0 bridgehead atoms. The molecule has 3 aromatic heterocycles. The van der Waals surface area contributed by atoms with Gasteiger partial charge in [0.1, 0.15) is 11.3 Å². The summed E-state index contributed by atoms with van der Waals surface area (Å²) in [5.41, 5.74) is -1.89. The molecule has 148 valence electrons.